The summed E-state index contributed by atoms with van der Waals surface area (Å²) in [5.74, 6) is 2.80. The maximum absolute atomic E-state index is 5.50. The van der Waals surface area contributed by atoms with Gasteiger partial charge in [-0.25, -0.2) is 0 Å². The van der Waals surface area contributed by atoms with E-state index < -0.39 is 0 Å². The quantitative estimate of drug-likeness (QED) is 0.137. The van der Waals surface area contributed by atoms with Crippen molar-refractivity contribution in [2.24, 2.45) is 0 Å². The van der Waals surface area contributed by atoms with Crippen LogP contribution in [-0.2, 0) is 43.2 Å². The third kappa shape index (κ3) is 4.99. The van der Waals surface area contributed by atoms with Crippen LogP contribution in [0.1, 0.15) is 72.1 Å². The summed E-state index contributed by atoms with van der Waals surface area (Å²) < 4.78 is 0. The normalized spacial score (nSPS) is 12.0. The smallest absolute Gasteiger partial charge is 0.0152 e. The summed E-state index contributed by atoms with van der Waals surface area (Å²) in [5.41, 5.74) is 16.0. The molecule has 193 valence electrons. The second-order valence-corrected chi connectivity index (χ2v) is 10.7. The molecule has 0 aromatic heterocycles. The minimum absolute atomic E-state index is 0. The van der Waals surface area contributed by atoms with E-state index in [1.165, 1.54) is 61.2 Å². The zero-order valence-corrected chi connectivity index (χ0v) is 25.1. The van der Waals surface area contributed by atoms with E-state index in [1.54, 1.807) is 0 Å². The molecule has 0 atom stereocenters. The van der Waals surface area contributed by atoms with E-state index in [-0.39, 0.29) is 48.8 Å². The second-order valence-electron chi connectivity index (χ2n) is 10.7. The molecule has 0 heterocycles. The Bertz CT molecular complexity index is 1490. The molecule has 0 unspecified atom stereocenters. The molecule has 2 aliphatic rings. The molecule has 0 spiro atoms. The number of hydrogen-bond donors (Lipinski definition) is 0. The van der Waals surface area contributed by atoms with E-state index in [4.69, 9.17) is 6.42 Å². The number of halogens is 2. The Balaban J connectivity index is 0.00000133. The summed E-state index contributed by atoms with van der Waals surface area (Å²) in [7, 11) is 0. The summed E-state index contributed by atoms with van der Waals surface area (Å²) in [6.07, 6.45) is 11.8. The van der Waals surface area contributed by atoms with E-state index in [1.807, 2.05) is 0 Å². The first-order valence-electron chi connectivity index (χ1n) is 13.0. The van der Waals surface area contributed by atoms with Crippen LogP contribution in [0.15, 0.2) is 78.9 Å². The Morgan fingerprint density at radius 1 is 0.684 bits per heavy atom. The minimum Gasteiger partial charge on any atom is -0.147 e. The number of unbranched alkanes of at least 4 members (excludes halogenated alkanes) is 2. The van der Waals surface area contributed by atoms with Gasteiger partial charge in [-0.05, 0) is 93.3 Å². The molecule has 0 nitrogen and oxygen atoms in total. The van der Waals surface area contributed by atoms with Gasteiger partial charge >= 0.3 is 0 Å². The first-order chi connectivity index (χ1) is 17.1. The summed E-state index contributed by atoms with van der Waals surface area (Å²) in [6, 6.07) is 29.7. The molecule has 3 heteroatoms. The average Bonchev–Trinajstić information content (AvgIpc) is 3.45. The first kappa shape index (κ1) is 30.2. The van der Waals surface area contributed by atoms with Gasteiger partial charge in [0.05, 0.1) is 0 Å². The van der Waals surface area contributed by atoms with Gasteiger partial charge in [-0.3, -0.25) is 0 Å². The molecule has 0 aliphatic heterocycles. The zero-order chi connectivity index (χ0) is 24.0. The molecule has 0 saturated carbocycles. The van der Waals surface area contributed by atoms with Crippen molar-refractivity contribution in [3.8, 4) is 34.6 Å². The van der Waals surface area contributed by atoms with Gasteiger partial charge in [-0.2, -0.15) is 0 Å². The molecule has 0 bridgehead atoms. The summed E-state index contributed by atoms with van der Waals surface area (Å²) >= 11 is 0. The van der Waals surface area contributed by atoms with Gasteiger partial charge in [0.15, 0.2) is 0 Å². The van der Waals surface area contributed by atoms with Gasteiger partial charge in [-0.15, -0.1) is 37.2 Å². The Hall–Kier alpha value is -2.40. The molecule has 4 aromatic carbocycles. The summed E-state index contributed by atoms with van der Waals surface area (Å²) in [4.78, 5) is 0. The maximum Gasteiger partial charge on any atom is 0.0152 e. The largest absolute Gasteiger partial charge is 0.147 e. The van der Waals surface area contributed by atoms with E-state index in [0.29, 0.717) is 0 Å². The van der Waals surface area contributed by atoms with Crippen molar-refractivity contribution >= 4 is 24.8 Å². The van der Waals surface area contributed by atoms with Crippen molar-refractivity contribution in [3.63, 3.8) is 0 Å². The van der Waals surface area contributed by atoms with E-state index in [9.17, 15) is 0 Å². The summed E-state index contributed by atoms with van der Waals surface area (Å²) in [5, 5.41) is 0. The molecule has 1 radical (unpaired) electrons. The van der Waals surface area contributed by atoms with Crippen molar-refractivity contribution in [1.29, 1.82) is 0 Å². The van der Waals surface area contributed by atoms with Crippen molar-refractivity contribution in [3.05, 3.63) is 118 Å². The standard InChI is InChI=1S/C35H32.2ClH.V/c1-4-5-6-7-13-24-20-21-33(31-23-26-15-9-11-17-28(26)34(24)31)35(2,3)32-19-12-18-29-27-16-10-8-14-25(27)22-30(29)32;;;/h1,8-12,14-21H,5-7,13,22-23H2,2-3H3;2*1H;. The number of hydrogen-bond acceptors (Lipinski definition) is 0. The maximum atomic E-state index is 5.50. The third-order valence-corrected chi connectivity index (χ3v) is 8.27. The van der Waals surface area contributed by atoms with Gasteiger partial charge in [0.1, 0.15) is 0 Å². The van der Waals surface area contributed by atoms with Gasteiger partial charge in [0, 0.05) is 30.4 Å². The second kappa shape index (κ2) is 12.2. The van der Waals surface area contributed by atoms with Crippen molar-refractivity contribution in [1.82, 2.24) is 0 Å². The van der Waals surface area contributed by atoms with Crippen molar-refractivity contribution in [2.75, 3.05) is 0 Å². The molecule has 0 N–H and O–H groups in total. The van der Waals surface area contributed by atoms with Crippen molar-refractivity contribution < 1.29 is 18.6 Å². The topological polar surface area (TPSA) is 0 Å². The SMILES string of the molecule is C#CCCCCc1ccc(C(C)(C)c2cccc3c2Cc2ccccc2-3)c2c1-c1ccccc1C2.Cl.Cl.[V]. The predicted octanol–water partition coefficient (Wildman–Crippen LogP) is 9.34. The number of aryl methyl sites for hydroxylation is 1. The van der Waals surface area contributed by atoms with Crippen LogP contribution < -0.4 is 0 Å². The molecular formula is C35H34Cl2V. The Labute approximate surface area is 252 Å². The van der Waals surface area contributed by atoms with Gasteiger partial charge in [0.25, 0.3) is 0 Å². The third-order valence-electron chi connectivity index (χ3n) is 8.27. The van der Waals surface area contributed by atoms with Crippen LogP contribution in [-0.4, -0.2) is 0 Å². The Morgan fingerprint density at radius 2 is 1.29 bits per heavy atom. The van der Waals surface area contributed by atoms with Crippen LogP contribution in [0.4, 0.5) is 0 Å². The monoisotopic (exact) mass is 575 g/mol. The molecule has 6 rings (SSSR count). The van der Waals surface area contributed by atoms with Crippen molar-refractivity contribution in [2.45, 2.75) is 57.8 Å². The number of benzene rings is 4. The molecule has 2 aliphatic carbocycles. The molecular weight excluding hydrogens is 542 g/mol. The number of fused-ring (bicyclic) bond motifs is 6. The number of rotatable bonds is 6. The fourth-order valence-electron chi connectivity index (χ4n) is 6.55. The van der Waals surface area contributed by atoms with E-state index in [0.717, 1.165) is 38.5 Å². The van der Waals surface area contributed by atoms with Gasteiger partial charge in [-0.1, -0.05) is 92.7 Å². The van der Waals surface area contributed by atoms with E-state index in [2.05, 4.69) is 98.6 Å². The van der Waals surface area contributed by atoms with E-state index >= 15 is 0 Å². The van der Waals surface area contributed by atoms with Gasteiger partial charge < -0.3 is 0 Å². The van der Waals surface area contributed by atoms with Crippen LogP contribution >= 0.6 is 24.8 Å². The minimum atomic E-state index is -0.0818. The van der Waals surface area contributed by atoms with Crippen LogP contribution in [0.5, 0.6) is 0 Å². The van der Waals surface area contributed by atoms with Gasteiger partial charge in [0.2, 0.25) is 0 Å². The van der Waals surface area contributed by atoms with Crippen LogP contribution in [0, 0.1) is 12.3 Å². The molecule has 4 aromatic rings. The molecule has 38 heavy (non-hydrogen) atoms. The molecule has 0 amide bonds. The van der Waals surface area contributed by atoms with Crippen LogP contribution in [0.2, 0.25) is 0 Å². The molecule has 0 fully saturated rings. The summed E-state index contributed by atoms with van der Waals surface area (Å²) in [6.45, 7) is 4.85. The fourth-order valence-corrected chi connectivity index (χ4v) is 6.55. The Morgan fingerprint density at radius 3 is 2.03 bits per heavy atom. The first-order valence-corrected chi connectivity index (χ1v) is 13.0. The molecule has 0 saturated heterocycles. The number of terminal acetylenes is 1. The predicted molar refractivity (Wildman–Crippen MR) is 162 cm³/mol. The van der Waals surface area contributed by atoms with Crippen LogP contribution in [0.3, 0.4) is 0 Å². The Kier molecular flexibility index (Phi) is 9.68. The zero-order valence-electron chi connectivity index (χ0n) is 22.1. The average molecular weight is 577 g/mol. The van der Waals surface area contributed by atoms with Crippen LogP contribution in [0.25, 0.3) is 22.3 Å². The fraction of sp³-hybridized carbons (Fsp3) is 0.257.